The van der Waals surface area contributed by atoms with Crippen molar-refractivity contribution in [3.63, 3.8) is 0 Å². The number of anilines is 3. The van der Waals surface area contributed by atoms with Crippen molar-refractivity contribution >= 4 is 52.4 Å². The molecule has 1 aromatic carbocycles. The molecule has 4 aromatic rings. The summed E-state index contributed by atoms with van der Waals surface area (Å²) in [5.74, 6) is -1.55. The second-order valence-electron chi connectivity index (χ2n) is 17.5. The number of alkyl halides is 2. The fourth-order valence-corrected chi connectivity index (χ4v) is 9.84. The number of benzene rings is 1. The topological polar surface area (TPSA) is 201 Å². The maximum absolute atomic E-state index is 14.3. The normalized spacial score (nSPS) is 25.8. The molecule has 5 fully saturated rings. The molecule has 4 aliphatic heterocycles. The van der Waals surface area contributed by atoms with E-state index in [1.54, 1.807) is 29.1 Å². The van der Waals surface area contributed by atoms with Crippen LogP contribution in [0.5, 0.6) is 0 Å². The van der Waals surface area contributed by atoms with Gasteiger partial charge in [-0.2, -0.15) is 15.3 Å². The summed E-state index contributed by atoms with van der Waals surface area (Å²) in [7, 11) is 0. The number of aromatic nitrogens is 5. The molecule has 19 nitrogen and oxygen atoms in total. The lowest BCUT2D eigenvalue weighted by Crippen LogP contribution is -2.54. The molecule has 5 amide bonds. The highest BCUT2D eigenvalue weighted by molar-refractivity contribution is 6.25. The predicted octanol–water partition coefficient (Wildman–Crippen LogP) is 3.28. The maximum Gasteiger partial charge on any atom is 0.284 e. The van der Waals surface area contributed by atoms with Gasteiger partial charge in [0.15, 0.2) is 11.3 Å². The zero-order chi connectivity index (χ0) is 44.1. The number of hydrogen-bond donors (Lipinski definition) is 3. The van der Waals surface area contributed by atoms with E-state index in [1.807, 2.05) is 11.1 Å². The van der Waals surface area contributed by atoms with Gasteiger partial charge in [0.1, 0.15) is 17.4 Å². The van der Waals surface area contributed by atoms with Crippen LogP contribution in [0, 0.1) is 5.92 Å². The largest absolute Gasteiger partial charge is 0.381 e. The number of hydrogen-bond acceptors (Lipinski definition) is 14. The average molecular weight is 885 g/mol. The zero-order valence-corrected chi connectivity index (χ0v) is 35.2. The highest BCUT2D eigenvalue weighted by Gasteiger charge is 2.46. The van der Waals surface area contributed by atoms with Gasteiger partial charge in [-0.1, -0.05) is 6.07 Å². The summed E-state index contributed by atoms with van der Waals surface area (Å²) >= 11 is 0. The van der Waals surface area contributed by atoms with Crippen molar-refractivity contribution in [3.05, 3.63) is 65.2 Å². The first-order valence-electron chi connectivity index (χ1n) is 22.2. The van der Waals surface area contributed by atoms with E-state index < -0.39 is 47.7 Å². The number of amides is 5. The fourth-order valence-electron chi connectivity index (χ4n) is 9.84. The molecule has 3 saturated heterocycles. The molecular formula is C43H50F2N12O7. The Kier molecular flexibility index (Phi) is 11.6. The van der Waals surface area contributed by atoms with Gasteiger partial charge in [0.2, 0.25) is 11.8 Å². The van der Waals surface area contributed by atoms with Crippen molar-refractivity contribution in [3.8, 4) is 0 Å². The first kappa shape index (κ1) is 42.1. The minimum absolute atomic E-state index is 0.0202. The van der Waals surface area contributed by atoms with Crippen molar-refractivity contribution in [2.45, 2.75) is 82.0 Å². The number of nitrogens with one attached hydrogen (secondary N) is 3. The molecular weight excluding hydrogens is 835 g/mol. The summed E-state index contributed by atoms with van der Waals surface area (Å²) in [6, 6.07) is 5.86. The maximum atomic E-state index is 14.3. The minimum atomic E-state index is -2.87. The number of halogens is 2. The van der Waals surface area contributed by atoms with Crippen LogP contribution in [0.3, 0.4) is 0 Å². The molecule has 1 atom stereocenters. The number of fused-ring (bicyclic) bond motifs is 2. The summed E-state index contributed by atoms with van der Waals surface area (Å²) in [5, 5.41) is 18.9. The van der Waals surface area contributed by atoms with E-state index in [0.717, 1.165) is 76.1 Å². The van der Waals surface area contributed by atoms with Gasteiger partial charge in [0.05, 0.1) is 48.4 Å². The molecule has 1 unspecified atom stereocenters. The standard InChI is InChI=1S/C43H50F2N12O7/c44-38(45)37-32(48-40(59)30-22-46-55-11-10-34(49-39(30)55)53-16-18-63-19-17-53)24-56(51-37)27-6-4-25(5-7-27)23-52-12-14-54(15-13-52)64-28-20-26(21-28)47-31-3-1-2-29-36(31)43(62)57(42(29)61)33-8-9-35(58)50-41(33)60/h1-3,10-11,22,24-28,33,38,47H,4-9,12-21,23H2,(H,48,59)(H,50,58,60)/t25-,26-,27-,28-,33?. The van der Waals surface area contributed by atoms with Gasteiger partial charge in [-0.05, 0) is 69.1 Å². The van der Waals surface area contributed by atoms with Crippen LogP contribution >= 0.6 is 0 Å². The van der Waals surface area contributed by atoms with Gasteiger partial charge in [0, 0.05) is 76.4 Å². The summed E-state index contributed by atoms with van der Waals surface area (Å²) < 4.78 is 37.1. The number of imide groups is 2. The second-order valence-corrected chi connectivity index (χ2v) is 17.5. The van der Waals surface area contributed by atoms with Gasteiger partial charge in [-0.25, -0.2) is 18.3 Å². The molecule has 338 valence electrons. The molecule has 64 heavy (non-hydrogen) atoms. The van der Waals surface area contributed by atoms with E-state index >= 15 is 0 Å². The molecule has 3 aromatic heterocycles. The Balaban J connectivity index is 0.667. The van der Waals surface area contributed by atoms with E-state index in [9.17, 15) is 32.8 Å². The quantitative estimate of drug-likeness (QED) is 0.175. The smallest absolute Gasteiger partial charge is 0.284 e. The number of rotatable bonds is 12. The van der Waals surface area contributed by atoms with E-state index in [1.165, 1.54) is 16.9 Å². The van der Waals surface area contributed by atoms with Crippen LogP contribution in [-0.2, 0) is 19.2 Å². The van der Waals surface area contributed by atoms with Gasteiger partial charge < -0.3 is 25.2 Å². The molecule has 0 spiro atoms. The number of piperidine rings is 1. The van der Waals surface area contributed by atoms with E-state index in [0.29, 0.717) is 49.4 Å². The Morgan fingerprint density at radius 2 is 1.72 bits per heavy atom. The van der Waals surface area contributed by atoms with Gasteiger partial charge in [-0.3, -0.25) is 43.7 Å². The van der Waals surface area contributed by atoms with Crippen molar-refractivity contribution in [2.75, 3.05) is 74.6 Å². The fraction of sp³-hybridized carbons (Fsp3) is 0.535. The van der Waals surface area contributed by atoms with Crippen LogP contribution in [0.2, 0.25) is 0 Å². The molecule has 3 N–H and O–H groups in total. The average Bonchev–Trinajstić information content (AvgIpc) is 3.98. The van der Waals surface area contributed by atoms with E-state index in [2.05, 4.69) is 40.9 Å². The van der Waals surface area contributed by atoms with Gasteiger partial charge >= 0.3 is 0 Å². The number of ether oxygens (including phenoxy) is 1. The highest BCUT2D eigenvalue weighted by Crippen LogP contribution is 2.37. The second kappa shape index (κ2) is 17.6. The molecule has 7 heterocycles. The summed E-state index contributed by atoms with van der Waals surface area (Å²) in [6.45, 7) is 6.70. The van der Waals surface area contributed by atoms with E-state index in [4.69, 9.17) is 9.57 Å². The van der Waals surface area contributed by atoms with Crippen LogP contribution in [0.4, 0.5) is 26.0 Å². The third kappa shape index (κ3) is 8.32. The third-order valence-corrected chi connectivity index (χ3v) is 13.4. The van der Waals surface area contributed by atoms with Crippen LogP contribution in [-0.4, -0.2) is 146 Å². The Morgan fingerprint density at radius 3 is 2.47 bits per heavy atom. The minimum Gasteiger partial charge on any atom is -0.381 e. The van der Waals surface area contributed by atoms with Crippen molar-refractivity contribution in [1.29, 1.82) is 0 Å². The summed E-state index contributed by atoms with van der Waals surface area (Å²) in [5.41, 5.74) is 1.07. The first-order chi connectivity index (χ1) is 31.1. The Bertz CT molecular complexity index is 2450. The lowest BCUT2D eigenvalue weighted by Gasteiger charge is -2.42. The summed E-state index contributed by atoms with van der Waals surface area (Å²) in [6.07, 6.45) is 6.86. The zero-order valence-electron chi connectivity index (χ0n) is 35.2. The van der Waals surface area contributed by atoms with Gasteiger partial charge in [0.25, 0.3) is 24.1 Å². The molecule has 0 radical (unpaired) electrons. The highest BCUT2D eigenvalue weighted by atomic mass is 19.3. The third-order valence-electron chi connectivity index (χ3n) is 13.4. The summed E-state index contributed by atoms with van der Waals surface area (Å²) in [4.78, 5) is 80.8. The number of nitrogens with zero attached hydrogens (tertiary/aromatic N) is 9. The Hall–Kier alpha value is -5.90. The Morgan fingerprint density at radius 1 is 0.938 bits per heavy atom. The molecule has 10 rings (SSSR count). The lowest BCUT2D eigenvalue weighted by molar-refractivity contribution is -0.230. The molecule has 21 heteroatoms. The van der Waals surface area contributed by atoms with Crippen LogP contribution in [0.15, 0.2) is 42.9 Å². The first-order valence-corrected chi connectivity index (χ1v) is 22.2. The number of carbonyl (C=O) groups excluding carboxylic acids is 5. The SMILES string of the molecule is O=C1CCC(N2C(=O)c3cccc(N[C@H]4C[C@H](ON5CCN(C[C@H]6CC[C@H](n7cc(NC(=O)c8cnn9ccc(N%10CCOCC%10)nc89)c(C(F)F)n7)CC6)CC5)C4)c3C2=O)C(=O)N1. The van der Waals surface area contributed by atoms with Crippen LogP contribution < -0.4 is 20.9 Å². The van der Waals surface area contributed by atoms with E-state index in [-0.39, 0.29) is 53.4 Å². The van der Waals surface area contributed by atoms with Gasteiger partial charge in [-0.15, -0.1) is 0 Å². The molecule has 6 aliphatic rings. The van der Waals surface area contributed by atoms with Crippen molar-refractivity contribution in [2.24, 2.45) is 5.92 Å². The molecule has 0 bridgehead atoms. The number of hydroxylamine groups is 2. The molecule has 2 aliphatic carbocycles. The Labute approximate surface area is 366 Å². The van der Waals surface area contributed by atoms with Crippen molar-refractivity contribution in [1.82, 2.24) is 44.6 Å². The predicted molar refractivity (Wildman–Crippen MR) is 225 cm³/mol. The number of morpholine rings is 1. The lowest BCUT2D eigenvalue weighted by atomic mass is 9.85. The molecule has 2 saturated carbocycles. The number of piperazine rings is 1. The monoisotopic (exact) mass is 884 g/mol. The van der Waals surface area contributed by atoms with Crippen LogP contribution in [0.25, 0.3) is 5.65 Å². The van der Waals surface area contributed by atoms with Crippen molar-refractivity contribution < 1.29 is 42.3 Å². The number of carbonyl (C=O) groups is 5. The van der Waals surface area contributed by atoms with Crippen LogP contribution in [0.1, 0.15) is 101 Å².